The summed E-state index contributed by atoms with van der Waals surface area (Å²) in [6.07, 6.45) is 2.65. The molecule has 0 saturated carbocycles. The topological polar surface area (TPSA) is 58.3 Å². The molecule has 0 aromatic carbocycles. The summed E-state index contributed by atoms with van der Waals surface area (Å²) in [5.41, 5.74) is 6.40. The van der Waals surface area contributed by atoms with Crippen LogP contribution in [0.25, 0.3) is 0 Å². The van der Waals surface area contributed by atoms with Crippen molar-refractivity contribution in [3.05, 3.63) is 11.5 Å². The molecule has 2 heterocycles. The lowest BCUT2D eigenvalue weighted by molar-refractivity contribution is 0.192. The van der Waals surface area contributed by atoms with Crippen LogP contribution in [0.4, 0.5) is 11.5 Å². The monoisotopic (exact) mass is 269 g/mol. The fourth-order valence-corrected chi connectivity index (χ4v) is 2.38. The highest BCUT2D eigenvalue weighted by molar-refractivity contribution is 6.32. The van der Waals surface area contributed by atoms with Crippen LogP contribution in [-0.2, 0) is 0 Å². The number of piperazine rings is 1. The third kappa shape index (κ3) is 2.67. The summed E-state index contributed by atoms with van der Waals surface area (Å²) in [4.78, 5) is 12.8. The lowest BCUT2D eigenvalue weighted by Crippen LogP contribution is -2.49. The number of anilines is 2. The molecule has 1 aliphatic heterocycles. The van der Waals surface area contributed by atoms with Gasteiger partial charge >= 0.3 is 0 Å². The third-order valence-corrected chi connectivity index (χ3v) is 3.94. The molecule has 1 atom stereocenters. The fourth-order valence-electron chi connectivity index (χ4n) is 2.25. The molecule has 2 N–H and O–H groups in total. The normalized spacial score (nSPS) is 18.9. The van der Waals surface area contributed by atoms with Crippen LogP contribution in [0.1, 0.15) is 20.3 Å². The summed E-state index contributed by atoms with van der Waals surface area (Å²) < 4.78 is 0. The Morgan fingerprint density at radius 2 is 2.00 bits per heavy atom. The first-order valence-electron chi connectivity index (χ1n) is 6.38. The standard InChI is InChI=1S/C12H20ClN5/c1-3-9(2)17-4-6-18(7-5-17)12-10(14)11(13)15-8-16-12/h8-9H,3-7,14H2,1-2H3. The van der Waals surface area contributed by atoms with E-state index < -0.39 is 0 Å². The maximum atomic E-state index is 5.92. The molecule has 2 rings (SSSR count). The number of nitrogens with zero attached hydrogens (tertiary/aromatic N) is 4. The van der Waals surface area contributed by atoms with Gasteiger partial charge in [-0.1, -0.05) is 18.5 Å². The Balaban J connectivity index is 2.03. The van der Waals surface area contributed by atoms with Gasteiger partial charge in [0, 0.05) is 32.2 Å². The van der Waals surface area contributed by atoms with Crippen LogP contribution in [0.3, 0.4) is 0 Å². The predicted octanol–water partition coefficient (Wildman–Crippen LogP) is 1.63. The number of nitrogens with two attached hydrogens (primary N) is 1. The van der Waals surface area contributed by atoms with Gasteiger partial charge in [-0.2, -0.15) is 0 Å². The van der Waals surface area contributed by atoms with Crippen molar-refractivity contribution in [3.63, 3.8) is 0 Å². The SMILES string of the molecule is CCC(C)N1CCN(c2ncnc(Cl)c2N)CC1. The van der Waals surface area contributed by atoms with Crippen molar-refractivity contribution >= 4 is 23.1 Å². The highest BCUT2D eigenvalue weighted by Gasteiger charge is 2.22. The van der Waals surface area contributed by atoms with Crippen LogP contribution in [0.15, 0.2) is 6.33 Å². The van der Waals surface area contributed by atoms with Gasteiger partial charge < -0.3 is 10.6 Å². The van der Waals surface area contributed by atoms with E-state index in [0.29, 0.717) is 16.9 Å². The highest BCUT2D eigenvalue weighted by Crippen LogP contribution is 2.26. The molecule has 18 heavy (non-hydrogen) atoms. The summed E-state index contributed by atoms with van der Waals surface area (Å²) in [6.45, 7) is 8.43. The van der Waals surface area contributed by atoms with Gasteiger partial charge in [0.1, 0.15) is 12.0 Å². The van der Waals surface area contributed by atoms with Crippen LogP contribution in [-0.4, -0.2) is 47.1 Å². The predicted molar refractivity (Wildman–Crippen MR) is 75.0 cm³/mol. The Morgan fingerprint density at radius 1 is 1.33 bits per heavy atom. The number of rotatable bonds is 3. The molecule has 0 radical (unpaired) electrons. The average Bonchev–Trinajstić information content (AvgIpc) is 2.41. The molecular weight excluding hydrogens is 250 g/mol. The second-order valence-electron chi connectivity index (χ2n) is 4.68. The second-order valence-corrected chi connectivity index (χ2v) is 5.04. The van der Waals surface area contributed by atoms with Crippen LogP contribution in [0.5, 0.6) is 0 Å². The molecular formula is C12H20ClN5. The van der Waals surface area contributed by atoms with E-state index in [4.69, 9.17) is 17.3 Å². The zero-order chi connectivity index (χ0) is 13.1. The van der Waals surface area contributed by atoms with E-state index >= 15 is 0 Å². The van der Waals surface area contributed by atoms with E-state index in [0.717, 1.165) is 32.0 Å². The van der Waals surface area contributed by atoms with Crippen molar-refractivity contribution < 1.29 is 0 Å². The first kappa shape index (κ1) is 13.4. The van der Waals surface area contributed by atoms with Gasteiger partial charge in [-0.25, -0.2) is 9.97 Å². The number of halogens is 1. The van der Waals surface area contributed by atoms with E-state index in [-0.39, 0.29) is 0 Å². The highest BCUT2D eigenvalue weighted by atomic mass is 35.5. The minimum absolute atomic E-state index is 0.337. The van der Waals surface area contributed by atoms with Gasteiger partial charge in [0.05, 0.1) is 0 Å². The lowest BCUT2D eigenvalue weighted by atomic mass is 10.2. The summed E-state index contributed by atoms with van der Waals surface area (Å²) in [7, 11) is 0. The largest absolute Gasteiger partial charge is 0.393 e. The number of hydrogen-bond acceptors (Lipinski definition) is 5. The van der Waals surface area contributed by atoms with E-state index in [1.165, 1.54) is 12.7 Å². The van der Waals surface area contributed by atoms with Gasteiger partial charge in [-0.3, -0.25) is 4.90 Å². The molecule has 100 valence electrons. The molecule has 0 spiro atoms. The van der Waals surface area contributed by atoms with Gasteiger partial charge in [0.25, 0.3) is 0 Å². The van der Waals surface area contributed by atoms with Crippen molar-refractivity contribution in [1.82, 2.24) is 14.9 Å². The molecule has 0 aliphatic carbocycles. The average molecular weight is 270 g/mol. The van der Waals surface area contributed by atoms with Crippen molar-refractivity contribution in [2.75, 3.05) is 36.8 Å². The molecule has 1 fully saturated rings. The summed E-state index contributed by atoms with van der Waals surface area (Å²) in [5, 5.41) is 0.337. The Bertz CT molecular complexity index is 403. The maximum Gasteiger partial charge on any atom is 0.157 e. The quantitative estimate of drug-likeness (QED) is 0.846. The summed E-state index contributed by atoms with van der Waals surface area (Å²) in [6, 6.07) is 0.637. The van der Waals surface area contributed by atoms with E-state index in [9.17, 15) is 0 Å². The summed E-state index contributed by atoms with van der Waals surface area (Å²) >= 11 is 5.92. The zero-order valence-electron chi connectivity index (χ0n) is 10.9. The van der Waals surface area contributed by atoms with Crippen molar-refractivity contribution in [3.8, 4) is 0 Å². The number of nitrogen functional groups attached to an aromatic ring is 1. The van der Waals surface area contributed by atoms with Gasteiger partial charge in [0.15, 0.2) is 11.0 Å². The Morgan fingerprint density at radius 3 is 2.61 bits per heavy atom. The third-order valence-electron chi connectivity index (χ3n) is 3.64. The maximum absolute atomic E-state index is 5.92. The molecule has 0 amide bonds. The van der Waals surface area contributed by atoms with E-state index in [1.807, 2.05) is 0 Å². The molecule has 1 aliphatic rings. The Labute approximate surface area is 113 Å². The fraction of sp³-hybridized carbons (Fsp3) is 0.667. The van der Waals surface area contributed by atoms with Crippen LogP contribution >= 0.6 is 11.6 Å². The molecule has 1 aromatic heterocycles. The molecule has 1 saturated heterocycles. The molecule has 1 unspecified atom stereocenters. The van der Waals surface area contributed by atoms with E-state index in [1.54, 1.807) is 0 Å². The first-order valence-corrected chi connectivity index (χ1v) is 6.76. The zero-order valence-corrected chi connectivity index (χ0v) is 11.7. The van der Waals surface area contributed by atoms with E-state index in [2.05, 4.69) is 33.6 Å². The number of aromatic nitrogens is 2. The number of hydrogen-bond donors (Lipinski definition) is 1. The van der Waals surface area contributed by atoms with Crippen molar-refractivity contribution in [2.24, 2.45) is 0 Å². The minimum atomic E-state index is 0.337. The smallest absolute Gasteiger partial charge is 0.157 e. The Hall–Kier alpha value is -1.07. The molecule has 1 aromatic rings. The molecule has 0 bridgehead atoms. The van der Waals surface area contributed by atoms with Gasteiger partial charge in [-0.15, -0.1) is 0 Å². The van der Waals surface area contributed by atoms with Crippen LogP contribution in [0.2, 0.25) is 5.15 Å². The van der Waals surface area contributed by atoms with Crippen molar-refractivity contribution in [1.29, 1.82) is 0 Å². The summed E-state index contributed by atoms with van der Waals surface area (Å²) in [5.74, 6) is 0.763. The van der Waals surface area contributed by atoms with Crippen molar-refractivity contribution in [2.45, 2.75) is 26.3 Å². The Kier molecular flexibility index (Phi) is 4.24. The lowest BCUT2D eigenvalue weighted by Gasteiger charge is -2.38. The van der Waals surface area contributed by atoms with Crippen LogP contribution < -0.4 is 10.6 Å². The minimum Gasteiger partial charge on any atom is -0.393 e. The molecule has 6 heteroatoms. The second kappa shape index (κ2) is 5.71. The van der Waals surface area contributed by atoms with Gasteiger partial charge in [-0.05, 0) is 13.3 Å². The van der Waals surface area contributed by atoms with Gasteiger partial charge in [0.2, 0.25) is 0 Å². The van der Waals surface area contributed by atoms with Crippen LogP contribution in [0, 0.1) is 0 Å². The first-order chi connectivity index (χ1) is 8.63. The molecule has 5 nitrogen and oxygen atoms in total.